The number of nitrogens with zero attached hydrogens (tertiary/aromatic N) is 4. The molecule has 6 heteroatoms. The monoisotopic (exact) mass is 288 g/mol. The van der Waals surface area contributed by atoms with Crippen molar-refractivity contribution < 1.29 is 9.53 Å². The summed E-state index contributed by atoms with van der Waals surface area (Å²) in [5.41, 5.74) is 1.17. The van der Waals surface area contributed by atoms with Crippen LogP contribution in [0.4, 0.5) is 0 Å². The summed E-state index contributed by atoms with van der Waals surface area (Å²) in [5.74, 6) is 0.455. The zero-order chi connectivity index (χ0) is 14.7. The molecule has 3 heterocycles. The highest BCUT2D eigenvalue weighted by Crippen LogP contribution is 2.13. The van der Waals surface area contributed by atoms with Crippen molar-refractivity contribution in [3.8, 4) is 0 Å². The van der Waals surface area contributed by atoms with Crippen molar-refractivity contribution in [2.75, 3.05) is 26.7 Å². The maximum absolute atomic E-state index is 11.9. The topological polar surface area (TPSA) is 59.7 Å². The van der Waals surface area contributed by atoms with Gasteiger partial charge in [-0.15, -0.1) is 10.2 Å². The highest BCUT2D eigenvalue weighted by Gasteiger charge is 2.16. The van der Waals surface area contributed by atoms with Crippen LogP contribution in [-0.2, 0) is 11.2 Å². The van der Waals surface area contributed by atoms with Gasteiger partial charge in [0, 0.05) is 13.0 Å². The first-order valence-corrected chi connectivity index (χ1v) is 7.43. The Bertz CT molecular complexity index is 632. The molecule has 1 aliphatic heterocycles. The van der Waals surface area contributed by atoms with Gasteiger partial charge in [-0.25, -0.2) is 4.79 Å². The molecule has 0 unspecified atom stereocenters. The Balaban J connectivity index is 1.83. The number of rotatable bonds is 4. The molecular formula is C15H20N4O2. The number of methoxy groups -OCH3 is 1. The number of hydrogen-bond donors (Lipinski definition) is 0. The minimum atomic E-state index is -0.361. The first-order chi connectivity index (χ1) is 10.3. The Kier molecular flexibility index (Phi) is 4.15. The smallest absolute Gasteiger partial charge is 0.355 e. The van der Waals surface area contributed by atoms with Crippen LogP contribution in [0.5, 0.6) is 0 Å². The fourth-order valence-electron chi connectivity index (χ4n) is 2.87. The Morgan fingerprint density at radius 1 is 1.24 bits per heavy atom. The lowest BCUT2D eigenvalue weighted by molar-refractivity contribution is 0.0592. The fraction of sp³-hybridized carbons (Fsp3) is 0.533. The first-order valence-electron chi connectivity index (χ1n) is 7.43. The van der Waals surface area contributed by atoms with Gasteiger partial charge in [0.1, 0.15) is 11.5 Å². The molecule has 2 aromatic heterocycles. The average molecular weight is 288 g/mol. The molecule has 3 rings (SSSR count). The highest BCUT2D eigenvalue weighted by molar-refractivity contribution is 5.88. The normalized spacial score (nSPS) is 16.2. The van der Waals surface area contributed by atoms with Crippen molar-refractivity contribution in [2.24, 2.45) is 0 Å². The van der Waals surface area contributed by atoms with Gasteiger partial charge in [0.2, 0.25) is 0 Å². The summed E-state index contributed by atoms with van der Waals surface area (Å²) in [6, 6.07) is 5.39. The largest absolute Gasteiger partial charge is 0.464 e. The lowest BCUT2D eigenvalue weighted by Crippen LogP contribution is -2.31. The third-order valence-corrected chi connectivity index (χ3v) is 3.99. The molecule has 0 aliphatic carbocycles. The second-order valence-electron chi connectivity index (χ2n) is 5.36. The van der Waals surface area contributed by atoms with Crippen molar-refractivity contribution in [1.82, 2.24) is 19.5 Å². The fourth-order valence-corrected chi connectivity index (χ4v) is 2.87. The summed E-state index contributed by atoms with van der Waals surface area (Å²) in [7, 11) is 1.39. The Labute approximate surface area is 123 Å². The lowest BCUT2D eigenvalue weighted by Gasteiger charge is -2.25. The average Bonchev–Trinajstić information content (AvgIpc) is 2.96. The van der Waals surface area contributed by atoms with E-state index >= 15 is 0 Å². The van der Waals surface area contributed by atoms with Gasteiger partial charge in [0.05, 0.1) is 7.11 Å². The number of aromatic nitrogens is 3. The second-order valence-corrected chi connectivity index (χ2v) is 5.36. The zero-order valence-electron chi connectivity index (χ0n) is 12.3. The summed E-state index contributed by atoms with van der Waals surface area (Å²) in [4.78, 5) is 14.3. The molecule has 0 N–H and O–H groups in total. The third kappa shape index (κ3) is 2.90. The molecular weight excluding hydrogens is 268 g/mol. The predicted molar refractivity (Wildman–Crippen MR) is 78.3 cm³/mol. The second kappa shape index (κ2) is 6.22. The van der Waals surface area contributed by atoms with Gasteiger partial charge in [-0.1, -0.05) is 12.5 Å². The standard InChI is InChI=1S/C15H20N4O2/c1-21-15(20)12-6-5-7-13-16-17-14(19(12)13)8-11-18-9-3-2-4-10-18/h5-7H,2-4,8-11H2,1H3. The van der Waals surface area contributed by atoms with E-state index < -0.39 is 0 Å². The molecule has 0 saturated carbocycles. The number of likely N-dealkylation sites (tertiary alicyclic amines) is 1. The van der Waals surface area contributed by atoms with E-state index in [9.17, 15) is 4.79 Å². The van der Waals surface area contributed by atoms with Crippen LogP contribution < -0.4 is 0 Å². The summed E-state index contributed by atoms with van der Waals surface area (Å²) < 4.78 is 6.64. The van der Waals surface area contributed by atoms with Crippen LogP contribution in [0.15, 0.2) is 18.2 Å². The molecule has 1 saturated heterocycles. The predicted octanol–water partition coefficient (Wildman–Crippen LogP) is 1.54. The number of fused-ring (bicyclic) bond motifs is 1. The van der Waals surface area contributed by atoms with E-state index in [4.69, 9.17) is 4.74 Å². The van der Waals surface area contributed by atoms with E-state index in [0.29, 0.717) is 11.3 Å². The van der Waals surface area contributed by atoms with Crippen LogP contribution >= 0.6 is 0 Å². The number of carbonyl (C=O) groups excluding carboxylic acids is 1. The maximum atomic E-state index is 11.9. The molecule has 1 aliphatic rings. The van der Waals surface area contributed by atoms with Crippen LogP contribution in [-0.4, -0.2) is 52.2 Å². The van der Waals surface area contributed by atoms with Crippen molar-refractivity contribution in [1.29, 1.82) is 0 Å². The molecule has 1 fully saturated rings. The molecule has 0 spiro atoms. The van der Waals surface area contributed by atoms with Gasteiger partial charge >= 0.3 is 5.97 Å². The molecule has 0 radical (unpaired) electrons. The molecule has 0 bridgehead atoms. The van der Waals surface area contributed by atoms with Crippen molar-refractivity contribution in [3.05, 3.63) is 29.7 Å². The van der Waals surface area contributed by atoms with Crippen LogP contribution in [0.25, 0.3) is 5.65 Å². The molecule has 2 aromatic rings. The maximum Gasteiger partial charge on any atom is 0.355 e. The summed E-state index contributed by atoms with van der Waals surface area (Å²) in [6.45, 7) is 3.26. The molecule has 0 aromatic carbocycles. The molecule has 6 nitrogen and oxygen atoms in total. The van der Waals surface area contributed by atoms with Crippen LogP contribution in [0.3, 0.4) is 0 Å². The number of hydrogen-bond acceptors (Lipinski definition) is 5. The van der Waals surface area contributed by atoms with Crippen molar-refractivity contribution in [2.45, 2.75) is 25.7 Å². The SMILES string of the molecule is COC(=O)c1cccc2nnc(CCN3CCCCC3)n12. The van der Waals surface area contributed by atoms with Crippen molar-refractivity contribution in [3.63, 3.8) is 0 Å². The number of ether oxygens (including phenoxy) is 1. The molecule has 0 atom stereocenters. The summed E-state index contributed by atoms with van der Waals surface area (Å²) in [5, 5.41) is 8.38. The number of esters is 1. The van der Waals surface area contributed by atoms with E-state index in [1.807, 2.05) is 6.07 Å². The van der Waals surface area contributed by atoms with Gasteiger partial charge in [0.15, 0.2) is 5.65 Å². The number of pyridine rings is 1. The van der Waals surface area contributed by atoms with Crippen molar-refractivity contribution >= 4 is 11.6 Å². The molecule has 21 heavy (non-hydrogen) atoms. The van der Waals surface area contributed by atoms with Gasteiger partial charge in [0.25, 0.3) is 0 Å². The van der Waals surface area contributed by atoms with Gasteiger partial charge in [-0.2, -0.15) is 0 Å². The lowest BCUT2D eigenvalue weighted by atomic mass is 10.1. The molecule has 112 valence electrons. The summed E-state index contributed by atoms with van der Waals surface area (Å²) >= 11 is 0. The Morgan fingerprint density at radius 3 is 2.81 bits per heavy atom. The zero-order valence-corrected chi connectivity index (χ0v) is 12.3. The van der Waals surface area contributed by atoms with E-state index in [1.54, 1.807) is 16.5 Å². The van der Waals surface area contributed by atoms with Gasteiger partial charge in [-0.05, 0) is 38.1 Å². The highest BCUT2D eigenvalue weighted by atomic mass is 16.5. The number of piperidine rings is 1. The van der Waals surface area contributed by atoms with E-state index in [0.717, 1.165) is 31.9 Å². The van der Waals surface area contributed by atoms with Crippen LogP contribution in [0.2, 0.25) is 0 Å². The van der Waals surface area contributed by atoms with Crippen LogP contribution in [0, 0.1) is 0 Å². The number of carbonyl (C=O) groups is 1. The minimum absolute atomic E-state index is 0.361. The summed E-state index contributed by atoms with van der Waals surface area (Å²) in [6.07, 6.45) is 4.66. The van der Waals surface area contributed by atoms with E-state index in [2.05, 4.69) is 15.1 Å². The van der Waals surface area contributed by atoms with Gasteiger partial charge < -0.3 is 9.64 Å². The quantitative estimate of drug-likeness (QED) is 0.799. The minimum Gasteiger partial charge on any atom is -0.464 e. The third-order valence-electron chi connectivity index (χ3n) is 3.99. The first kappa shape index (κ1) is 14.0. The Morgan fingerprint density at radius 2 is 2.05 bits per heavy atom. The van der Waals surface area contributed by atoms with E-state index in [1.165, 1.54) is 26.4 Å². The van der Waals surface area contributed by atoms with Gasteiger partial charge in [-0.3, -0.25) is 4.40 Å². The van der Waals surface area contributed by atoms with Crippen LogP contribution in [0.1, 0.15) is 35.6 Å². The Hall–Kier alpha value is -1.95. The van der Waals surface area contributed by atoms with E-state index in [-0.39, 0.29) is 5.97 Å². The molecule has 0 amide bonds.